The Labute approximate surface area is 189 Å². The quantitative estimate of drug-likeness (QED) is 0.384. The molecule has 5 rings (SSSR count). The predicted octanol–water partition coefficient (Wildman–Crippen LogP) is 4.62. The number of carbonyl (C=O) groups is 1. The molecule has 0 spiro atoms. The van der Waals surface area contributed by atoms with Crippen LogP contribution >= 0.6 is 0 Å². The summed E-state index contributed by atoms with van der Waals surface area (Å²) in [6.07, 6.45) is 0. The molecule has 2 heterocycles. The summed E-state index contributed by atoms with van der Waals surface area (Å²) < 4.78 is 18.7. The molecule has 0 atom stereocenters. The molecule has 8 nitrogen and oxygen atoms in total. The molecule has 0 bridgehead atoms. The van der Waals surface area contributed by atoms with Gasteiger partial charge in [-0.3, -0.25) is 0 Å². The van der Waals surface area contributed by atoms with E-state index >= 15 is 0 Å². The van der Waals surface area contributed by atoms with E-state index in [1.165, 1.54) is 11.6 Å². The average molecular weight is 440 g/mol. The van der Waals surface area contributed by atoms with E-state index in [0.29, 0.717) is 33.7 Å². The summed E-state index contributed by atoms with van der Waals surface area (Å²) in [6.45, 7) is 0.236. The Balaban J connectivity index is 1.76. The minimum atomic E-state index is -0.621. The van der Waals surface area contributed by atoms with Gasteiger partial charge in [-0.25, -0.2) is 4.79 Å². The second-order valence-corrected chi connectivity index (χ2v) is 7.24. The summed E-state index contributed by atoms with van der Waals surface area (Å²) in [7, 11) is 1.30. The number of anilines is 1. The van der Waals surface area contributed by atoms with Gasteiger partial charge < -0.3 is 19.9 Å². The molecule has 33 heavy (non-hydrogen) atoms. The molecule has 3 aromatic carbocycles. The van der Waals surface area contributed by atoms with Crippen molar-refractivity contribution < 1.29 is 19.0 Å². The van der Waals surface area contributed by atoms with Crippen LogP contribution in [0.15, 0.2) is 78.9 Å². The van der Waals surface area contributed by atoms with Gasteiger partial charge in [0.1, 0.15) is 18.1 Å². The van der Waals surface area contributed by atoms with Crippen LogP contribution in [0.2, 0.25) is 0 Å². The molecule has 0 unspecified atom stereocenters. The number of fused-ring (bicyclic) bond motifs is 3. The van der Waals surface area contributed by atoms with Crippen LogP contribution < -0.4 is 15.2 Å². The molecule has 0 fully saturated rings. The topological polar surface area (TPSA) is 101 Å². The van der Waals surface area contributed by atoms with Crippen molar-refractivity contribution in [2.75, 3.05) is 12.8 Å². The number of benzene rings is 3. The molecule has 2 aromatic heterocycles. The monoisotopic (exact) mass is 440 g/mol. The van der Waals surface area contributed by atoms with Gasteiger partial charge >= 0.3 is 5.97 Å². The maximum Gasteiger partial charge on any atom is 0.360 e. The number of pyridine rings is 1. The fourth-order valence-electron chi connectivity index (χ4n) is 3.67. The van der Waals surface area contributed by atoms with Gasteiger partial charge in [0.25, 0.3) is 0 Å². The number of carbonyl (C=O) groups excluding carboxylic acids is 1. The van der Waals surface area contributed by atoms with Crippen molar-refractivity contribution in [1.82, 2.24) is 14.6 Å². The van der Waals surface area contributed by atoms with Crippen molar-refractivity contribution in [1.29, 1.82) is 0 Å². The van der Waals surface area contributed by atoms with Gasteiger partial charge in [-0.1, -0.05) is 60.7 Å². The number of nitrogens with two attached hydrogens (primary N) is 1. The number of ether oxygens (including phenoxy) is 3. The van der Waals surface area contributed by atoms with Gasteiger partial charge in [0, 0.05) is 5.39 Å². The lowest BCUT2D eigenvalue weighted by Gasteiger charge is -2.17. The zero-order valence-electron chi connectivity index (χ0n) is 17.8. The lowest BCUT2D eigenvalue weighted by molar-refractivity contribution is 0.0585. The van der Waals surface area contributed by atoms with E-state index in [-0.39, 0.29) is 18.2 Å². The minimum Gasteiger partial charge on any atom is -0.486 e. The molecule has 0 saturated carbocycles. The first-order chi connectivity index (χ1) is 16.2. The predicted molar refractivity (Wildman–Crippen MR) is 124 cm³/mol. The first-order valence-corrected chi connectivity index (χ1v) is 10.2. The van der Waals surface area contributed by atoms with Crippen molar-refractivity contribution >= 4 is 28.3 Å². The summed E-state index contributed by atoms with van der Waals surface area (Å²) in [5.74, 6) is 0.869. The summed E-state index contributed by atoms with van der Waals surface area (Å²) in [5.41, 5.74) is 7.33. The number of nitrogen functional groups attached to an aromatic ring is 1. The third-order valence-electron chi connectivity index (χ3n) is 5.12. The Morgan fingerprint density at radius 3 is 2.42 bits per heavy atom. The Morgan fingerprint density at radius 1 is 0.970 bits per heavy atom. The molecule has 8 heteroatoms. The molecular weight excluding hydrogens is 420 g/mol. The summed E-state index contributed by atoms with van der Waals surface area (Å²) in [6, 6.07) is 24.5. The Morgan fingerprint density at radius 2 is 1.70 bits per heavy atom. The zero-order chi connectivity index (χ0) is 22.8. The van der Waals surface area contributed by atoms with Crippen LogP contribution in [0, 0.1) is 0 Å². The molecule has 2 N–H and O–H groups in total. The van der Waals surface area contributed by atoms with E-state index in [4.69, 9.17) is 19.9 Å². The first kappa shape index (κ1) is 20.3. The summed E-state index contributed by atoms with van der Waals surface area (Å²) in [4.78, 5) is 17.2. The van der Waals surface area contributed by atoms with E-state index in [1.54, 1.807) is 0 Å². The van der Waals surface area contributed by atoms with Crippen molar-refractivity contribution in [3.8, 4) is 17.2 Å². The van der Waals surface area contributed by atoms with Gasteiger partial charge in [-0.15, -0.1) is 5.10 Å². The Bertz CT molecular complexity index is 1450. The number of hydrogen-bond acceptors (Lipinski definition) is 7. The molecule has 0 radical (unpaired) electrons. The smallest absolute Gasteiger partial charge is 0.360 e. The number of rotatable bonds is 6. The normalized spacial score (nSPS) is 10.9. The third kappa shape index (κ3) is 3.78. The number of hydrogen-bond donors (Lipinski definition) is 1. The van der Waals surface area contributed by atoms with Gasteiger partial charge in [0.05, 0.1) is 12.5 Å². The lowest BCUT2D eigenvalue weighted by atomic mass is 10.1. The number of methoxy groups -OCH3 is 1. The van der Waals surface area contributed by atoms with Crippen molar-refractivity contribution in [2.24, 2.45) is 0 Å². The summed E-state index contributed by atoms with van der Waals surface area (Å²) in [5, 5.41) is 5.48. The molecule has 164 valence electrons. The van der Waals surface area contributed by atoms with Gasteiger partial charge in [0.2, 0.25) is 5.95 Å². The van der Waals surface area contributed by atoms with E-state index in [9.17, 15) is 4.79 Å². The average Bonchev–Trinajstić information content (AvgIpc) is 3.24. The van der Waals surface area contributed by atoms with Crippen LogP contribution in [0.1, 0.15) is 16.1 Å². The van der Waals surface area contributed by atoms with Crippen LogP contribution in [-0.2, 0) is 11.3 Å². The standard InChI is InChI=1S/C25H20N4O4/c1-31-24(30)21-22(32-15-16-9-4-2-5-10-16)18-13-8-14-19(33-17-11-6-3-7-12-17)20(18)23-27-25(26)28-29(21)23/h2-14H,15H2,1H3,(H2,26,28). The van der Waals surface area contributed by atoms with Crippen LogP contribution in [0.5, 0.6) is 17.2 Å². The molecular formula is C25H20N4O4. The number of aromatic nitrogens is 3. The summed E-state index contributed by atoms with van der Waals surface area (Å²) >= 11 is 0. The first-order valence-electron chi connectivity index (χ1n) is 10.2. The van der Waals surface area contributed by atoms with Gasteiger partial charge in [-0.2, -0.15) is 9.50 Å². The molecule has 0 amide bonds. The molecule has 5 aromatic rings. The fraction of sp³-hybridized carbons (Fsp3) is 0.0800. The largest absolute Gasteiger partial charge is 0.486 e. The van der Waals surface area contributed by atoms with Crippen molar-refractivity contribution in [3.05, 3.63) is 90.1 Å². The van der Waals surface area contributed by atoms with Gasteiger partial charge in [0.15, 0.2) is 17.1 Å². The van der Waals surface area contributed by atoms with Crippen LogP contribution in [0.3, 0.4) is 0 Å². The zero-order valence-corrected chi connectivity index (χ0v) is 17.8. The van der Waals surface area contributed by atoms with E-state index in [2.05, 4.69) is 10.1 Å². The lowest BCUT2D eigenvalue weighted by Crippen LogP contribution is -2.13. The Kier molecular flexibility index (Phi) is 5.24. The maximum absolute atomic E-state index is 12.8. The number of esters is 1. The molecule has 0 saturated heterocycles. The molecule has 0 aliphatic rings. The van der Waals surface area contributed by atoms with E-state index in [0.717, 1.165) is 5.56 Å². The SMILES string of the molecule is COC(=O)c1c(OCc2ccccc2)c2cccc(Oc3ccccc3)c2c2nc(N)nn12. The Hall–Kier alpha value is -4.59. The highest BCUT2D eigenvalue weighted by Crippen LogP contribution is 2.40. The van der Waals surface area contributed by atoms with Crippen LogP contribution in [0.4, 0.5) is 5.95 Å². The van der Waals surface area contributed by atoms with Crippen LogP contribution in [-0.4, -0.2) is 27.7 Å². The van der Waals surface area contributed by atoms with E-state index in [1.807, 2.05) is 78.9 Å². The highest BCUT2D eigenvalue weighted by Gasteiger charge is 2.26. The highest BCUT2D eigenvalue weighted by molar-refractivity contribution is 6.08. The van der Waals surface area contributed by atoms with Gasteiger partial charge in [-0.05, 0) is 23.8 Å². The number of nitrogens with zero attached hydrogens (tertiary/aromatic N) is 3. The second-order valence-electron chi connectivity index (χ2n) is 7.24. The van der Waals surface area contributed by atoms with Crippen molar-refractivity contribution in [3.63, 3.8) is 0 Å². The van der Waals surface area contributed by atoms with Crippen molar-refractivity contribution in [2.45, 2.75) is 6.61 Å². The molecule has 0 aliphatic heterocycles. The van der Waals surface area contributed by atoms with Crippen LogP contribution in [0.25, 0.3) is 16.4 Å². The highest BCUT2D eigenvalue weighted by atomic mass is 16.5. The maximum atomic E-state index is 12.8. The second kappa shape index (κ2) is 8.51. The fourth-order valence-corrected chi connectivity index (χ4v) is 3.67. The third-order valence-corrected chi connectivity index (χ3v) is 5.12. The molecule has 0 aliphatic carbocycles. The van der Waals surface area contributed by atoms with E-state index < -0.39 is 5.97 Å². The minimum absolute atomic E-state index is 0.0103. The number of para-hydroxylation sites is 1.